The molecular weight excluding hydrogens is 364 g/mol. The molecule has 0 spiro atoms. The van der Waals surface area contributed by atoms with Gasteiger partial charge in [0.25, 0.3) is 0 Å². The fourth-order valence-electron chi connectivity index (χ4n) is 2.34. The van der Waals surface area contributed by atoms with Crippen LogP contribution in [0.1, 0.15) is 15.9 Å². The molecule has 1 N–H and O–H groups in total. The minimum absolute atomic E-state index is 0.0331. The number of carbonyl (C=O) groups is 1. The number of hydrogen-bond acceptors (Lipinski definition) is 3. The number of carboxylic acids is 1. The molecule has 1 heterocycles. The summed E-state index contributed by atoms with van der Waals surface area (Å²) in [6.45, 7) is 1.82. The molecule has 0 amide bonds. The maximum Gasteiger partial charge on any atom is 0.341 e. The van der Waals surface area contributed by atoms with Crippen molar-refractivity contribution in [3.05, 3.63) is 76.4 Å². The maximum absolute atomic E-state index is 14.0. The van der Waals surface area contributed by atoms with Crippen LogP contribution < -0.4 is 4.74 Å². The van der Waals surface area contributed by atoms with Gasteiger partial charge in [0.15, 0.2) is 11.6 Å². The van der Waals surface area contributed by atoms with Gasteiger partial charge in [0.1, 0.15) is 17.1 Å². The maximum atomic E-state index is 14.0. The molecule has 26 heavy (non-hydrogen) atoms. The summed E-state index contributed by atoms with van der Waals surface area (Å²) >= 11 is 6.08. The molecule has 0 aliphatic rings. The van der Waals surface area contributed by atoms with Gasteiger partial charge in [-0.15, -0.1) is 0 Å². The van der Waals surface area contributed by atoms with Gasteiger partial charge in [0.05, 0.1) is 10.7 Å². The van der Waals surface area contributed by atoms with Gasteiger partial charge in [-0.05, 0) is 36.8 Å². The number of aryl methyl sites for hydroxylation is 1. The fourth-order valence-corrected chi connectivity index (χ4v) is 2.49. The summed E-state index contributed by atoms with van der Waals surface area (Å²) in [5, 5.41) is 9.62. The second kappa shape index (κ2) is 7.09. The van der Waals surface area contributed by atoms with E-state index in [1.807, 2.05) is 6.92 Å². The van der Waals surface area contributed by atoms with Crippen LogP contribution in [-0.4, -0.2) is 16.1 Å². The molecule has 1 aromatic heterocycles. The van der Waals surface area contributed by atoms with Crippen LogP contribution in [0.15, 0.2) is 48.7 Å². The molecule has 132 valence electrons. The Kier molecular flexibility index (Phi) is 4.86. The lowest BCUT2D eigenvalue weighted by atomic mass is 10.1. The third-order valence-corrected chi connectivity index (χ3v) is 3.94. The number of halogens is 3. The highest BCUT2D eigenvalue weighted by Gasteiger charge is 2.18. The SMILES string of the molecule is Cc1ccc(Cl)c(Oc2cc(-c3cccc(F)c3F)ncc2C(=O)O)c1. The van der Waals surface area contributed by atoms with Gasteiger partial charge < -0.3 is 9.84 Å². The minimum atomic E-state index is -1.28. The minimum Gasteiger partial charge on any atom is -0.477 e. The molecule has 0 saturated heterocycles. The number of hydrogen-bond donors (Lipinski definition) is 1. The number of aromatic carboxylic acids is 1. The molecule has 7 heteroatoms. The van der Waals surface area contributed by atoms with E-state index in [0.717, 1.165) is 17.8 Å². The van der Waals surface area contributed by atoms with Crippen molar-refractivity contribution >= 4 is 17.6 Å². The first-order chi connectivity index (χ1) is 12.4. The van der Waals surface area contributed by atoms with E-state index in [9.17, 15) is 18.7 Å². The van der Waals surface area contributed by atoms with Crippen molar-refractivity contribution in [3.63, 3.8) is 0 Å². The van der Waals surface area contributed by atoms with Gasteiger partial charge in [-0.3, -0.25) is 4.98 Å². The predicted octanol–water partition coefficient (Wildman–Crippen LogP) is 5.48. The molecule has 3 aromatic rings. The monoisotopic (exact) mass is 375 g/mol. The molecular formula is C19H12ClF2NO3. The highest BCUT2D eigenvalue weighted by Crippen LogP contribution is 2.34. The van der Waals surface area contributed by atoms with E-state index in [-0.39, 0.29) is 33.3 Å². The zero-order chi connectivity index (χ0) is 18.8. The van der Waals surface area contributed by atoms with Crippen molar-refractivity contribution in [3.8, 4) is 22.8 Å². The molecule has 0 aliphatic carbocycles. The van der Waals surface area contributed by atoms with E-state index >= 15 is 0 Å². The average molecular weight is 376 g/mol. The summed E-state index contributed by atoms with van der Waals surface area (Å²) in [5.74, 6) is -3.23. The number of pyridine rings is 1. The summed E-state index contributed by atoms with van der Waals surface area (Å²) in [5.41, 5.74) is 0.544. The molecule has 3 rings (SSSR count). The molecule has 4 nitrogen and oxygen atoms in total. The topological polar surface area (TPSA) is 59.4 Å². The fraction of sp³-hybridized carbons (Fsp3) is 0.0526. The van der Waals surface area contributed by atoms with Crippen molar-refractivity contribution in [2.24, 2.45) is 0 Å². The van der Waals surface area contributed by atoms with Crippen molar-refractivity contribution in [2.45, 2.75) is 6.92 Å². The smallest absolute Gasteiger partial charge is 0.341 e. The first-order valence-electron chi connectivity index (χ1n) is 7.48. The number of benzene rings is 2. The molecule has 0 aliphatic heterocycles. The van der Waals surface area contributed by atoms with E-state index < -0.39 is 17.6 Å². The summed E-state index contributed by atoms with van der Waals surface area (Å²) in [7, 11) is 0. The van der Waals surface area contributed by atoms with Gasteiger partial charge >= 0.3 is 5.97 Å². The lowest BCUT2D eigenvalue weighted by Gasteiger charge is -2.12. The lowest BCUT2D eigenvalue weighted by Crippen LogP contribution is -2.03. The normalized spacial score (nSPS) is 10.6. The highest BCUT2D eigenvalue weighted by molar-refractivity contribution is 6.32. The number of carboxylic acid groups (broad SMARTS) is 1. The number of ether oxygens (including phenoxy) is 1. The third kappa shape index (κ3) is 3.50. The number of nitrogens with zero attached hydrogens (tertiary/aromatic N) is 1. The number of rotatable bonds is 4. The van der Waals surface area contributed by atoms with Gasteiger partial charge in [0, 0.05) is 17.8 Å². The summed E-state index contributed by atoms with van der Waals surface area (Å²) in [6.07, 6.45) is 1.03. The summed E-state index contributed by atoms with van der Waals surface area (Å²) in [6, 6.07) is 9.91. The first kappa shape index (κ1) is 17.8. The van der Waals surface area contributed by atoms with E-state index in [4.69, 9.17) is 16.3 Å². The predicted molar refractivity (Wildman–Crippen MR) is 92.8 cm³/mol. The van der Waals surface area contributed by atoms with Crippen LogP contribution in [0.25, 0.3) is 11.3 Å². The average Bonchev–Trinajstić information content (AvgIpc) is 2.60. The Morgan fingerprint density at radius 2 is 1.92 bits per heavy atom. The summed E-state index contributed by atoms with van der Waals surface area (Å²) in [4.78, 5) is 15.4. The third-order valence-electron chi connectivity index (χ3n) is 3.63. The van der Waals surface area contributed by atoms with E-state index in [1.54, 1.807) is 18.2 Å². The molecule has 0 bridgehead atoms. The van der Waals surface area contributed by atoms with Gasteiger partial charge in [0.2, 0.25) is 0 Å². The van der Waals surface area contributed by atoms with E-state index in [1.165, 1.54) is 18.2 Å². The molecule has 0 radical (unpaired) electrons. The Morgan fingerprint density at radius 3 is 2.65 bits per heavy atom. The van der Waals surface area contributed by atoms with Crippen LogP contribution in [0.2, 0.25) is 5.02 Å². The Balaban J connectivity index is 2.12. The van der Waals surface area contributed by atoms with Crippen LogP contribution in [0, 0.1) is 18.6 Å². The van der Waals surface area contributed by atoms with Crippen LogP contribution in [-0.2, 0) is 0 Å². The van der Waals surface area contributed by atoms with E-state index in [0.29, 0.717) is 0 Å². The van der Waals surface area contributed by atoms with Crippen molar-refractivity contribution in [2.75, 3.05) is 0 Å². The Labute approximate surface area is 152 Å². The Hall–Kier alpha value is -2.99. The van der Waals surface area contributed by atoms with Crippen LogP contribution >= 0.6 is 11.6 Å². The second-order valence-corrected chi connectivity index (χ2v) is 5.92. The highest BCUT2D eigenvalue weighted by atomic mass is 35.5. The zero-order valence-corrected chi connectivity index (χ0v) is 14.2. The molecule has 0 unspecified atom stereocenters. The zero-order valence-electron chi connectivity index (χ0n) is 13.5. The Bertz CT molecular complexity index is 1010. The van der Waals surface area contributed by atoms with Gasteiger partial charge in [-0.2, -0.15) is 0 Å². The van der Waals surface area contributed by atoms with Crippen LogP contribution in [0.5, 0.6) is 11.5 Å². The van der Waals surface area contributed by atoms with Gasteiger partial charge in [-0.25, -0.2) is 13.6 Å². The first-order valence-corrected chi connectivity index (χ1v) is 7.86. The molecule has 0 fully saturated rings. The molecule has 0 saturated carbocycles. The quantitative estimate of drug-likeness (QED) is 0.656. The molecule has 0 atom stereocenters. The van der Waals surface area contributed by atoms with Crippen LogP contribution in [0.3, 0.4) is 0 Å². The lowest BCUT2D eigenvalue weighted by molar-refractivity contribution is 0.0693. The summed E-state index contributed by atoms with van der Waals surface area (Å²) < 4.78 is 33.1. The van der Waals surface area contributed by atoms with Gasteiger partial charge in [-0.1, -0.05) is 23.7 Å². The van der Waals surface area contributed by atoms with Crippen molar-refractivity contribution in [1.82, 2.24) is 4.98 Å². The molecule has 2 aromatic carbocycles. The van der Waals surface area contributed by atoms with Crippen molar-refractivity contribution in [1.29, 1.82) is 0 Å². The standard InChI is InChI=1S/C19H12ClF2NO3/c1-10-5-6-13(20)17(7-10)26-16-8-15(23-9-12(16)19(24)25)11-3-2-4-14(21)18(11)22/h2-9H,1H3,(H,24,25). The second-order valence-electron chi connectivity index (χ2n) is 5.51. The van der Waals surface area contributed by atoms with Crippen molar-refractivity contribution < 1.29 is 23.4 Å². The Morgan fingerprint density at radius 1 is 1.15 bits per heavy atom. The number of aromatic nitrogens is 1. The van der Waals surface area contributed by atoms with E-state index in [2.05, 4.69) is 4.98 Å². The van der Waals surface area contributed by atoms with Crippen LogP contribution in [0.4, 0.5) is 8.78 Å². The largest absolute Gasteiger partial charge is 0.477 e.